The van der Waals surface area contributed by atoms with E-state index in [0.29, 0.717) is 11.4 Å². The molecule has 3 rings (SSSR count). The number of likely N-dealkylation sites (N-methyl/N-ethyl adjacent to an activating group) is 1. The molecule has 1 amide bonds. The van der Waals surface area contributed by atoms with Gasteiger partial charge in [0.1, 0.15) is 0 Å². The number of carbonyl (C=O) groups is 1. The molecule has 1 saturated heterocycles. The number of hydrogen-bond donors (Lipinski definition) is 1. The summed E-state index contributed by atoms with van der Waals surface area (Å²) in [7, 11) is -1.86. The molecule has 2 aromatic rings. The van der Waals surface area contributed by atoms with Gasteiger partial charge in [0, 0.05) is 38.6 Å². The van der Waals surface area contributed by atoms with Crippen LogP contribution in [0.1, 0.15) is 44.6 Å². The maximum absolute atomic E-state index is 13.1. The third-order valence-electron chi connectivity index (χ3n) is 6.45. The van der Waals surface area contributed by atoms with Crippen molar-refractivity contribution in [2.45, 2.75) is 50.0 Å². The average Bonchev–Trinajstić information content (AvgIpc) is 2.83. The first-order valence-electron chi connectivity index (χ1n) is 11.9. The SMILES string of the molecule is CC(C)C(=O)NC1CCN(CC[C@@H](CN(C)S(=O)(=O)c2ccccc2)c2ccccc2)CC1. The smallest absolute Gasteiger partial charge is 0.242 e. The third kappa shape index (κ3) is 7.13. The molecular formula is C26H37N3O3S. The van der Waals surface area contributed by atoms with Crippen LogP contribution in [-0.2, 0) is 14.8 Å². The third-order valence-corrected chi connectivity index (χ3v) is 8.29. The van der Waals surface area contributed by atoms with Crippen molar-refractivity contribution >= 4 is 15.9 Å². The second-order valence-corrected chi connectivity index (χ2v) is 11.3. The molecule has 1 aliphatic rings. The monoisotopic (exact) mass is 471 g/mol. The Balaban J connectivity index is 1.60. The number of piperidine rings is 1. The van der Waals surface area contributed by atoms with Gasteiger partial charge in [-0.15, -0.1) is 0 Å². The molecule has 1 fully saturated rings. The Bertz CT molecular complexity index is 972. The van der Waals surface area contributed by atoms with Gasteiger partial charge in [0.05, 0.1) is 4.90 Å². The molecule has 0 aromatic heterocycles. The second-order valence-electron chi connectivity index (χ2n) is 9.27. The van der Waals surface area contributed by atoms with Gasteiger partial charge in [0.2, 0.25) is 15.9 Å². The van der Waals surface area contributed by atoms with Gasteiger partial charge in [-0.1, -0.05) is 62.4 Å². The van der Waals surface area contributed by atoms with Crippen molar-refractivity contribution in [2.24, 2.45) is 5.92 Å². The normalized spacial score (nSPS) is 16.8. The van der Waals surface area contributed by atoms with Crippen LogP contribution in [0.5, 0.6) is 0 Å². The fourth-order valence-corrected chi connectivity index (χ4v) is 5.51. The number of benzene rings is 2. The highest BCUT2D eigenvalue weighted by Crippen LogP contribution is 2.25. The summed E-state index contributed by atoms with van der Waals surface area (Å²) >= 11 is 0. The van der Waals surface area contributed by atoms with Gasteiger partial charge >= 0.3 is 0 Å². The van der Waals surface area contributed by atoms with Gasteiger partial charge in [-0.05, 0) is 49.4 Å². The zero-order chi connectivity index (χ0) is 23.8. The zero-order valence-corrected chi connectivity index (χ0v) is 20.8. The lowest BCUT2D eigenvalue weighted by Crippen LogP contribution is -2.46. The Hall–Kier alpha value is -2.22. The second kappa shape index (κ2) is 11.8. The summed E-state index contributed by atoms with van der Waals surface area (Å²) in [6.07, 6.45) is 2.79. The summed E-state index contributed by atoms with van der Waals surface area (Å²) in [5.74, 6) is 0.243. The van der Waals surface area contributed by atoms with Gasteiger partial charge in [-0.3, -0.25) is 4.79 Å². The van der Waals surface area contributed by atoms with Crippen molar-refractivity contribution in [1.29, 1.82) is 0 Å². The lowest BCUT2D eigenvalue weighted by molar-refractivity contribution is -0.125. The molecule has 7 heteroatoms. The number of hydrogen-bond acceptors (Lipinski definition) is 4. The molecule has 1 N–H and O–H groups in total. The average molecular weight is 472 g/mol. The summed E-state index contributed by atoms with van der Waals surface area (Å²) in [5.41, 5.74) is 1.16. The van der Waals surface area contributed by atoms with Gasteiger partial charge in [-0.25, -0.2) is 12.7 Å². The summed E-state index contributed by atoms with van der Waals surface area (Å²) < 4.78 is 27.6. The molecule has 180 valence electrons. The van der Waals surface area contributed by atoms with E-state index in [1.807, 2.05) is 38.1 Å². The van der Waals surface area contributed by atoms with Crippen LogP contribution in [0.4, 0.5) is 0 Å². The van der Waals surface area contributed by atoms with Crippen molar-refractivity contribution < 1.29 is 13.2 Å². The predicted molar refractivity (Wildman–Crippen MR) is 133 cm³/mol. The fourth-order valence-electron chi connectivity index (χ4n) is 4.28. The first-order chi connectivity index (χ1) is 15.8. The maximum Gasteiger partial charge on any atom is 0.242 e. The molecule has 0 spiro atoms. The molecule has 0 aliphatic carbocycles. The van der Waals surface area contributed by atoms with E-state index in [2.05, 4.69) is 22.3 Å². The predicted octanol–water partition coefficient (Wildman–Crippen LogP) is 3.72. The summed E-state index contributed by atoms with van der Waals surface area (Å²) in [5, 5.41) is 3.15. The van der Waals surface area contributed by atoms with E-state index in [1.165, 1.54) is 4.31 Å². The number of amides is 1. The van der Waals surface area contributed by atoms with Crippen LogP contribution in [0, 0.1) is 5.92 Å². The van der Waals surface area contributed by atoms with Crippen LogP contribution in [-0.4, -0.2) is 62.8 Å². The highest BCUT2D eigenvalue weighted by molar-refractivity contribution is 7.89. The molecule has 2 aromatic carbocycles. The summed E-state index contributed by atoms with van der Waals surface area (Å²) in [6, 6.07) is 19.0. The van der Waals surface area contributed by atoms with Crippen LogP contribution in [0.3, 0.4) is 0 Å². The van der Waals surface area contributed by atoms with Crippen LogP contribution in [0.2, 0.25) is 0 Å². The molecule has 0 saturated carbocycles. The largest absolute Gasteiger partial charge is 0.353 e. The van der Waals surface area contributed by atoms with Crippen LogP contribution in [0.15, 0.2) is 65.6 Å². The van der Waals surface area contributed by atoms with Crippen LogP contribution < -0.4 is 5.32 Å². The number of likely N-dealkylation sites (tertiary alicyclic amines) is 1. The van der Waals surface area contributed by atoms with Crippen molar-refractivity contribution in [3.05, 3.63) is 66.2 Å². The molecule has 0 bridgehead atoms. The molecule has 0 unspecified atom stereocenters. The van der Waals surface area contributed by atoms with Crippen molar-refractivity contribution in [1.82, 2.24) is 14.5 Å². The van der Waals surface area contributed by atoms with Gasteiger partial charge in [0.25, 0.3) is 0 Å². The molecule has 1 aliphatic heterocycles. The van der Waals surface area contributed by atoms with Gasteiger partial charge in [0.15, 0.2) is 0 Å². The Morgan fingerprint density at radius 3 is 2.18 bits per heavy atom. The van der Waals surface area contributed by atoms with E-state index in [4.69, 9.17) is 0 Å². The molecule has 33 heavy (non-hydrogen) atoms. The van der Waals surface area contributed by atoms with E-state index >= 15 is 0 Å². The van der Waals surface area contributed by atoms with Gasteiger partial charge < -0.3 is 10.2 Å². The van der Waals surface area contributed by atoms with Crippen molar-refractivity contribution in [2.75, 3.05) is 33.2 Å². The highest BCUT2D eigenvalue weighted by Gasteiger charge is 2.26. The maximum atomic E-state index is 13.1. The van der Waals surface area contributed by atoms with E-state index in [9.17, 15) is 13.2 Å². The van der Waals surface area contributed by atoms with E-state index in [0.717, 1.165) is 44.5 Å². The number of nitrogens with one attached hydrogen (secondary N) is 1. The number of sulfonamides is 1. The minimum atomic E-state index is -3.53. The Labute approximate surface area is 199 Å². The van der Waals surface area contributed by atoms with E-state index < -0.39 is 10.0 Å². The topological polar surface area (TPSA) is 69.7 Å². The van der Waals surface area contributed by atoms with Gasteiger partial charge in [-0.2, -0.15) is 0 Å². The fraction of sp³-hybridized carbons (Fsp3) is 0.500. The Morgan fingerprint density at radius 1 is 1.03 bits per heavy atom. The van der Waals surface area contributed by atoms with Crippen LogP contribution in [0.25, 0.3) is 0 Å². The molecular weight excluding hydrogens is 434 g/mol. The van der Waals surface area contributed by atoms with E-state index in [1.54, 1.807) is 31.3 Å². The quantitative estimate of drug-likeness (QED) is 0.573. The Morgan fingerprint density at radius 2 is 1.61 bits per heavy atom. The van der Waals surface area contributed by atoms with Crippen LogP contribution >= 0.6 is 0 Å². The zero-order valence-electron chi connectivity index (χ0n) is 20.0. The standard InChI is InChI=1S/C26H37N3O3S/c1-21(2)26(30)27-24-15-18-29(19-16-24)17-14-23(22-10-6-4-7-11-22)20-28(3)33(31,32)25-12-8-5-9-13-25/h4-13,21,23-24H,14-20H2,1-3H3,(H,27,30)/t23-/m0/s1. The minimum absolute atomic E-state index is 0.0128. The van der Waals surface area contributed by atoms with Crippen molar-refractivity contribution in [3.8, 4) is 0 Å². The number of rotatable bonds is 10. The first-order valence-corrected chi connectivity index (χ1v) is 13.3. The first kappa shape index (κ1) is 25.4. The van der Waals surface area contributed by atoms with E-state index in [-0.39, 0.29) is 23.8 Å². The summed E-state index contributed by atoms with van der Waals surface area (Å²) in [4.78, 5) is 14.7. The lowest BCUT2D eigenvalue weighted by Gasteiger charge is -2.34. The Kier molecular flexibility index (Phi) is 9.06. The minimum Gasteiger partial charge on any atom is -0.353 e. The molecule has 1 atom stereocenters. The number of carbonyl (C=O) groups excluding carboxylic acids is 1. The molecule has 1 heterocycles. The summed E-state index contributed by atoms with van der Waals surface area (Å²) in [6.45, 7) is 7.07. The highest BCUT2D eigenvalue weighted by atomic mass is 32.2. The molecule has 6 nitrogen and oxygen atoms in total. The number of nitrogens with zero attached hydrogens (tertiary/aromatic N) is 2. The molecule has 0 radical (unpaired) electrons. The lowest BCUT2D eigenvalue weighted by atomic mass is 9.94. The van der Waals surface area contributed by atoms with Crippen molar-refractivity contribution in [3.63, 3.8) is 0 Å².